The van der Waals surface area contributed by atoms with Crippen molar-refractivity contribution in [2.45, 2.75) is 43.8 Å². The van der Waals surface area contributed by atoms with Gasteiger partial charge in [0.05, 0.1) is 0 Å². The zero-order valence-corrected chi connectivity index (χ0v) is 18.3. The zero-order valence-electron chi connectivity index (χ0n) is 14.2. The van der Waals surface area contributed by atoms with Gasteiger partial charge in [-0.2, -0.15) is 0 Å². The number of hydrogen-bond donors (Lipinski definition) is 2. The van der Waals surface area contributed by atoms with Crippen LogP contribution in [0, 0.1) is 0 Å². The number of carbonyl (C=O) groups is 1. The molecule has 1 amide bonds. The van der Waals surface area contributed by atoms with Crippen LogP contribution in [0.5, 0.6) is 0 Å². The Balaban J connectivity index is 2.38. The molecule has 0 saturated carbocycles. The molecule has 1 aliphatic heterocycles. The molecule has 132 valence electrons. The number of ether oxygens (including phenoxy) is 1. The fourth-order valence-corrected chi connectivity index (χ4v) is 5.16. The minimum Gasteiger partial charge on any atom is -0.367 e. The predicted octanol–water partition coefficient (Wildman–Crippen LogP) is 4.65. The molecule has 2 atom stereocenters. The summed E-state index contributed by atoms with van der Waals surface area (Å²) in [7, 11) is -1.29. The minimum absolute atomic E-state index is 0.267. The van der Waals surface area contributed by atoms with Crippen molar-refractivity contribution >= 4 is 51.5 Å². The Morgan fingerprint density at radius 2 is 2.08 bits per heavy atom. The molecular weight excluding hydrogens is 454 g/mol. The van der Waals surface area contributed by atoms with E-state index in [-0.39, 0.29) is 5.91 Å². The summed E-state index contributed by atoms with van der Waals surface area (Å²) in [5, 5.41) is 13.7. The first-order valence-electron chi connectivity index (χ1n) is 7.83. The number of rotatable bonds is 7. The number of carbonyl (C=O) groups excluding carboxylic acids is 1. The first-order valence-corrected chi connectivity index (χ1v) is 13.1. The normalized spacial score (nSPS) is 21.3. The van der Waals surface area contributed by atoms with Crippen molar-refractivity contribution in [3.63, 3.8) is 0 Å². The fraction of sp³-hybridized carbons (Fsp3) is 0.471. The van der Waals surface area contributed by atoms with Gasteiger partial charge < -0.3 is 15.2 Å². The van der Waals surface area contributed by atoms with Crippen molar-refractivity contribution in [2.75, 3.05) is 11.9 Å². The topological polar surface area (TPSA) is 58.6 Å². The minimum atomic E-state index is -1.29. The van der Waals surface area contributed by atoms with E-state index in [1.54, 1.807) is 6.08 Å². The summed E-state index contributed by atoms with van der Waals surface area (Å²) < 4.78 is 7.31. The molecule has 2 N–H and O–H groups in total. The summed E-state index contributed by atoms with van der Waals surface area (Å²) in [5.74, 6) is -0.267. The Labute approximate surface area is 160 Å². The maximum atomic E-state index is 12.8. The standard InChI is InChI=1S/C17H23Br2NO3Si/c1-5-6-17(16(22)23-7-8-24(2,3)4)14-12(19)9-11(18)10-13(14)20-15(17)21/h5,9-10,16,22H,1,6-8H2,2-4H3,(H,20,21)/t16?,17-/m0/s1. The third-order valence-electron chi connectivity index (χ3n) is 4.17. The van der Waals surface area contributed by atoms with Crippen LogP contribution in [-0.4, -0.2) is 32.0 Å². The van der Waals surface area contributed by atoms with Gasteiger partial charge in [0.25, 0.3) is 0 Å². The summed E-state index contributed by atoms with van der Waals surface area (Å²) in [6.45, 7) is 10.9. The van der Waals surface area contributed by atoms with Gasteiger partial charge in [-0.25, -0.2) is 0 Å². The van der Waals surface area contributed by atoms with Gasteiger partial charge in [0, 0.05) is 34.9 Å². The number of allylic oxidation sites excluding steroid dienone is 1. The molecule has 0 fully saturated rings. The van der Waals surface area contributed by atoms with Crippen molar-refractivity contribution in [2.24, 2.45) is 0 Å². The quantitative estimate of drug-likeness (QED) is 0.342. The number of fused-ring (bicyclic) bond motifs is 1. The van der Waals surface area contributed by atoms with Gasteiger partial charge in [-0.3, -0.25) is 4.79 Å². The molecule has 0 spiro atoms. The number of anilines is 1. The number of nitrogens with one attached hydrogen (secondary N) is 1. The van der Waals surface area contributed by atoms with E-state index in [4.69, 9.17) is 4.74 Å². The van der Waals surface area contributed by atoms with Crippen molar-refractivity contribution < 1.29 is 14.6 Å². The van der Waals surface area contributed by atoms with Gasteiger partial charge in [0.15, 0.2) is 6.29 Å². The highest BCUT2D eigenvalue weighted by Crippen LogP contribution is 2.48. The SMILES string of the molecule is C=CC[C@@]1(C(O)OCC[Si](C)(C)C)C(=O)Nc2cc(Br)cc(Br)c21. The van der Waals surface area contributed by atoms with Crippen LogP contribution in [-0.2, 0) is 14.9 Å². The molecule has 24 heavy (non-hydrogen) atoms. The van der Waals surface area contributed by atoms with Crippen LogP contribution in [0.3, 0.4) is 0 Å². The van der Waals surface area contributed by atoms with Crippen molar-refractivity contribution in [1.29, 1.82) is 0 Å². The largest absolute Gasteiger partial charge is 0.367 e. The van der Waals surface area contributed by atoms with E-state index in [0.29, 0.717) is 18.7 Å². The highest BCUT2D eigenvalue weighted by atomic mass is 79.9. The highest BCUT2D eigenvalue weighted by molar-refractivity contribution is 9.11. The Bertz CT molecular complexity index is 660. The van der Waals surface area contributed by atoms with Crippen LogP contribution in [0.25, 0.3) is 0 Å². The first-order chi connectivity index (χ1) is 11.1. The van der Waals surface area contributed by atoms with E-state index in [1.807, 2.05) is 12.1 Å². The second-order valence-electron chi connectivity index (χ2n) is 7.26. The molecule has 0 radical (unpaired) electrons. The van der Waals surface area contributed by atoms with Gasteiger partial charge in [0.1, 0.15) is 5.41 Å². The number of aliphatic hydroxyl groups is 1. The molecule has 0 aromatic heterocycles. The molecule has 7 heteroatoms. The average Bonchev–Trinajstić information content (AvgIpc) is 2.70. The lowest BCUT2D eigenvalue weighted by Gasteiger charge is -2.32. The second kappa shape index (κ2) is 7.41. The van der Waals surface area contributed by atoms with E-state index in [1.165, 1.54) is 0 Å². The molecule has 1 aromatic carbocycles. The van der Waals surface area contributed by atoms with E-state index < -0.39 is 19.8 Å². The summed E-state index contributed by atoms with van der Waals surface area (Å²) in [6, 6.07) is 4.62. The monoisotopic (exact) mass is 475 g/mol. The zero-order chi connectivity index (χ0) is 18.1. The molecular formula is C17H23Br2NO3Si. The fourth-order valence-electron chi connectivity index (χ4n) is 2.85. The maximum absolute atomic E-state index is 12.8. The van der Waals surface area contributed by atoms with E-state index >= 15 is 0 Å². The van der Waals surface area contributed by atoms with Crippen molar-refractivity contribution in [3.8, 4) is 0 Å². The smallest absolute Gasteiger partial charge is 0.240 e. The van der Waals surface area contributed by atoms with Gasteiger partial charge in [-0.15, -0.1) is 6.58 Å². The number of amides is 1. The Morgan fingerprint density at radius 3 is 2.67 bits per heavy atom. The number of benzene rings is 1. The van der Waals surface area contributed by atoms with E-state index in [2.05, 4.69) is 63.4 Å². The number of halogens is 2. The highest BCUT2D eigenvalue weighted by Gasteiger charge is 2.53. The number of hydrogen-bond acceptors (Lipinski definition) is 3. The van der Waals surface area contributed by atoms with Gasteiger partial charge in [-0.1, -0.05) is 57.6 Å². The maximum Gasteiger partial charge on any atom is 0.240 e. The first kappa shape index (κ1) is 19.8. The van der Waals surface area contributed by atoms with Crippen LogP contribution in [0.2, 0.25) is 25.7 Å². The average molecular weight is 477 g/mol. The summed E-state index contributed by atoms with van der Waals surface area (Å²) in [6.07, 6.45) is 0.708. The lowest BCUT2D eigenvalue weighted by Crippen LogP contribution is -2.47. The van der Waals surface area contributed by atoms with E-state index in [0.717, 1.165) is 20.6 Å². The van der Waals surface area contributed by atoms with Gasteiger partial charge in [0.2, 0.25) is 5.91 Å². The van der Waals surface area contributed by atoms with Gasteiger partial charge in [-0.05, 0) is 24.6 Å². The molecule has 0 aliphatic carbocycles. The van der Waals surface area contributed by atoms with Crippen LogP contribution >= 0.6 is 31.9 Å². The van der Waals surface area contributed by atoms with Gasteiger partial charge >= 0.3 is 0 Å². The van der Waals surface area contributed by atoms with Crippen LogP contribution in [0.4, 0.5) is 5.69 Å². The lowest BCUT2D eigenvalue weighted by atomic mass is 9.78. The van der Waals surface area contributed by atoms with Crippen molar-refractivity contribution in [3.05, 3.63) is 39.3 Å². The molecule has 1 aliphatic rings. The summed E-state index contributed by atoms with van der Waals surface area (Å²) >= 11 is 6.95. The van der Waals surface area contributed by atoms with Crippen LogP contribution in [0.1, 0.15) is 12.0 Å². The van der Waals surface area contributed by atoms with E-state index in [9.17, 15) is 9.90 Å². The molecule has 0 saturated heterocycles. The molecule has 4 nitrogen and oxygen atoms in total. The third-order valence-corrected chi connectivity index (χ3v) is 6.96. The lowest BCUT2D eigenvalue weighted by molar-refractivity contribution is -0.158. The summed E-state index contributed by atoms with van der Waals surface area (Å²) in [4.78, 5) is 12.8. The molecule has 1 heterocycles. The number of aliphatic hydroxyl groups excluding tert-OH is 1. The van der Waals surface area contributed by atoms with Crippen LogP contribution < -0.4 is 5.32 Å². The molecule has 2 rings (SSSR count). The third kappa shape index (κ3) is 3.85. The summed E-state index contributed by atoms with van der Waals surface area (Å²) in [5.41, 5.74) is 0.211. The van der Waals surface area contributed by atoms with Crippen molar-refractivity contribution in [1.82, 2.24) is 0 Å². The Morgan fingerprint density at radius 1 is 1.42 bits per heavy atom. The molecule has 0 bridgehead atoms. The molecule has 1 unspecified atom stereocenters. The Hall–Kier alpha value is -0.473. The second-order valence-corrected chi connectivity index (χ2v) is 14.7. The predicted molar refractivity (Wildman–Crippen MR) is 107 cm³/mol. The Kier molecular flexibility index (Phi) is 6.13. The van der Waals surface area contributed by atoms with Crippen LogP contribution in [0.15, 0.2) is 33.7 Å². The molecule has 1 aromatic rings.